The highest BCUT2D eigenvalue weighted by Crippen LogP contribution is 2.44. The third-order valence-electron chi connectivity index (χ3n) is 9.37. The molecular weight excluding hydrogens is 609 g/mol. The highest BCUT2D eigenvalue weighted by atomic mass is 28.4. The molecule has 0 heterocycles. The summed E-state index contributed by atoms with van der Waals surface area (Å²) in [6, 6.07) is 13.9. The Balaban J connectivity index is 2.00. The second kappa shape index (κ2) is 12.6. The van der Waals surface area contributed by atoms with Crippen LogP contribution in [0.15, 0.2) is 36.4 Å². The summed E-state index contributed by atoms with van der Waals surface area (Å²) in [5, 5.41) is -5.52. The molecule has 0 spiro atoms. The highest BCUT2D eigenvalue weighted by molar-refractivity contribution is 6.83. The Morgan fingerprint density at radius 2 is 1.19 bits per heavy atom. The molecule has 0 amide bonds. The fourth-order valence-corrected chi connectivity index (χ4v) is 15.5. The fourth-order valence-electron chi connectivity index (χ4n) is 6.07. The van der Waals surface area contributed by atoms with Gasteiger partial charge in [0.2, 0.25) is 5.82 Å². The van der Waals surface area contributed by atoms with Crippen molar-refractivity contribution in [2.75, 3.05) is 0 Å². The van der Waals surface area contributed by atoms with Crippen molar-refractivity contribution in [2.24, 2.45) is 0 Å². The third kappa shape index (κ3) is 5.70. The van der Waals surface area contributed by atoms with Crippen molar-refractivity contribution in [3.63, 3.8) is 0 Å². The molecular formula is C32H34F8OSi2. The van der Waals surface area contributed by atoms with E-state index in [1.165, 1.54) is 0 Å². The summed E-state index contributed by atoms with van der Waals surface area (Å²) in [5.41, 5.74) is 0.602. The van der Waals surface area contributed by atoms with Gasteiger partial charge in [-0.1, -0.05) is 89.1 Å². The van der Waals surface area contributed by atoms with Gasteiger partial charge in [-0.15, -0.1) is 0 Å². The van der Waals surface area contributed by atoms with Gasteiger partial charge in [0.05, 0.1) is 24.2 Å². The number of hydrogen-bond acceptors (Lipinski definition) is 1. The van der Waals surface area contributed by atoms with Crippen molar-refractivity contribution in [3.8, 4) is 5.75 Å². The first-order valence-corrected chi connectivity index (χ1v) is 19.7. The average molecular weight is 643 g/mol. The largest absolute Gasteiger partial charge is 0.539 e. The monoisotopic (exact) mass is 642 g/mol. The zero-order valence-electron chi connectivity index (χ0n) is 24.7. The van der Waals surface area contributed by atoms with Crippen LogP contribution in [-0.4, -0.2) is 16.4 Å². The predicted octanol–water partition coefficient (Wildman–Crippen LogP) is 11.1. The van der Waals surface area contributed by atoms with Gasteiger partial charge in [0.1, 0.15) is 11.6 Å². The molecule has 0 bridgehead atoms. The molecule has 0 aliphatic heterocycles. The van der Waals surface area contributed by atoms with E-state index >= 15 is 22.0 Å². The van der Waals surface area contributed by atoms with E-state index in [4.69, 9.17) is 4.43 Å². The summed E-state index contributed by atoms with van der Waals surface area (Å²) in [5.74, 6) is -16.7. The zero-order valence-corrected chi connectivity index (χ0v) is 26.7. The Morgan fingerprint density at radius 3 is 1.74 bits per heavy atom. The van der Waals surface area contributed by atoms with Gasteiger partial charge in [0, 0.05) is 11.4 Å². The smallest absolute Gasteiger partial charge is 0.258 e. The van der Waals surface area contributed by atoms with Crippen molar-refractivity contribution < 1.29 is 39.5 Å². The lowest BCUT2D eigenvalue weighted by molar-refractivity contribution is 0.410. The molecule has 1 unspecified atom stereocenters. The first kappa shape index (κ1) is 33.0. The summed E-state index contributed by atoms with van der Waals surface area (Å²) in [6.07, 6.45) is 0. The molecule has 4 rings (SSSR count). The molecule has 0 saturated carbocycles. The van der Waals surface area contributed by atoms with Crippen molar-refractivity contribution in [3.05, 3.63) is 88.5 Å². The van der Waals surface area contributed by atoms with E-state index in [0.717, 1.165) is 29.7 Å². The molecule has 0 aliphatic carbocycles. The van der Waals surface area contributed by atoms with E-state index < -0.39 is 90.2 Å². The lowest BCUT2D eigenvalue weighted by Crippen LogP contribution is -2.50. The second-order valence-electron chi connectivity index (χ2n) is 11.6. The van der Waals surface area contributed by atoms with Gasteiger partial charge in [0.25, 0.3) is 8.32 Å². The van der Waals surface area contributed by atoms with Crippen molar-refractivity contribution in [2.45, 2.75) is 76.4 Å². The number of benzene rings is 4. The van der Waals surface area contributed by atoms with Crippen molar-refractivity contribution in [1.29, 1.82) is 0 Å². The molecule has 1 nitrogen and oxygen atoms in total. The van der Waals surface area contributed by atoms with Gasteiger partial charge in [-0.2, -0.15) is 4.39 Å². The Labute approximate surface area is 248 Å². The molecule has 4 aromatic carbocycles. The minimum atomic E-state index is -3.29. The van der Waals surface area contributed by atoms with Crippen LogP contribution in [-0.2, 0) is 6.04 Å². The molecule has 0 radical (unpaired) electrons. The van der Waals surface area contributed by atoms with Crippen molar-refractivity contribution in [1.82, 2.24) is 0 Å². The summed E-state index contributed by atoms with van der Waals surface area (Å²) in [6.45, 7) is 10.1. The molecule has 4 aromatic rings. The number of rotatable bonds is 11. The van der Waals surface area contributed by atoms with Crippen LogP contribution in [0.2, 0.25) is 35.8 Å². The summed E-state index contributed by atoms with van der Waals surface area (Å²) in [4.78, 5) is 0. The maximum absolute atomic E-state index is 16.2. The van der Waals surface area contributed by atoms with Gasteiger partial charge >= 0.3 is 0 Å². The molecule has 1 atom stereocenters. The van der Waals surface area contributed by atoms with Crippen molar-refractivity contribution >= 4 is 37.9 Å². The molecule has 0 saturated heterocycles. The van der Waals surface area contributed by atoms with Crippen LogP contribution in [0.3, 0.4) is 0 Å². The van der Waals surface area contributed by atoms with Crippen LogP contribution in [0.25, 0.3) is 21.5 Å². The highest BCUT2D eigenvalue weighted by Gasteiger charge is 2.45. The number of hydrogen-bond donors (Lipinski definition) is 0. The van der Waals surface area contributed by atoms with Crippen LogP contribution >= 0.6 is 0 Å². The molecule has 0 fully saturated rings. The molecule has 43 heavy (non-hydrogen) atoms. The molecule has 0 aliphatic rings. The Kier molecular flexibility index (Phi) is 9.66. The fraction of sp³-hybridized carbons (Fsp3) is 0.375. The van der Waals surface area contributed by atoms with Crippen LogP contribution in [0.5, 0.6) is 5.75 Å². The SMILES string of the molecule is CC[Si](CC)(CC)CC[Si](Cc1ccccc1)(Oc1c(F)c(F)c2c(F)c3c(F)c(F)c(F)cc3c(F)c2c1F)C(C)C. The van der Waals surface area contributed by atoms with E-state index in [0.29, 0.717) is 12.1 Å². The molecule has 11 heteroatoms. The second-order valence-corrected chi connectivity index (χ2v) is 21.6. The van der Waals surface area contributed by atoms with E-state index in [-0.39, 0.29) is 11.6 Å². The van der Waals surface area contributed by atoms with E-state index in [1.807, 2.05) is 44.2 Å². The standard InChI is InChI=1S/C32H34F8OSi2/c1-6-42(7-2,8-3)14-15-43(18(4)5,17-19-12-10-9-11-13-19)41-32-30(39)23-24(29(38)31(32)40)27(36)22-20(25(23)34)16-21(33)26(35)28(22)37/h9-13,16,18H,6-8,14-15,17H2,1-5H3. The summed E-state index contributed by atoms with van der Waals surface area (Å²) >= 11 is 0. The van der Waals surface area contributed by atoms with Crippen LogP contribution in [0.4, 0.5) is 35.1 Å². The first-order valence-electron chi connectivity index (χ1n) is 14.4. The third-order valence-corrected chi connectivity index (χ3v) is 20.5. The molecule has 0 aromatic heterocycles. The maximum Gasteiger partial charge on any atom is 0.258 e. The van der Waals surface area contributed by atoms with Crippen LogP contribution in [0, 0.1) is 46.5 Å². The summed E-state index contributed by atoms with van der Waals surface area (Å²) < 4.78 is 127. The Morgan fingerprint density at radius 1 is 0.628 bits per heavy atom. The quantitative estimate of drug-likeness (QED) is 0.0520. The minimum Gasteiger partial charge on any atom is -0.539 e. The van der Waals surface area contributed by atoms with E-state index in [9.17, 15) is 13.2 Å². The average Bonchev–Trinajstić information content (AvgIpc) is 2.99. The van der Waals surface area contributed by atoms with Gasteiger partial charge in [0.15, 0.2) is 34.8 Å². The van der Waals surface area contributed by atoms with E-state index in [1.54, 1.807) is 0 Å². The first-order chi connectivity index (χ1) is 20.3. The minimum absolute atomic E-state index is 0.153. The normalized spacial score (nSPS) is 13.7. The molecule has 0 N–H and O–H groups in total. The number of fused-ring (bicyclic) bond motifs is 2. The van der Waals surface area contributed by atoms with Gasteiger partial charge in [-0.3, -0.25) is 0 Å². The number of halogens is 8. The summed E-state index contributed by atoms with van der Waals surface area (Å²) in [7, 11) is -5.06. The zero-order chi connectivity index (χ0) is 31.9. The Bertz CT molecular complexity index is 1650. The predicted molar refractivity (Wildman–Crippen MR) is 160 cm³/mol. The van der Waals surface area contributed by atoms with E-state index in [2.05, 4.69) is 20.8 Å². The van der Waals surface area contributed by atoms with Gasteiger partial charge in [-0.25, -0.2) is 30.7 Å². The van der Waals surface area contributed by atoms with Gasteiger partial charge < -0.3 is 4.43 Å². The maximum atomic E-state index is 16.2. The molecule has 232 valence electrons. The Hall–Kier alpha value is -2.93. The lowest BCUT2D eigenvalue weighted by atomic mass is 9.99. The van der Waals surface area contributed by atoms with Crippen LogP contribution < -0.4 is 4.43 Å². The topological polar surface area (TPSA) is 9.23 Å². The lowest BCUT2D eigenvalue weighted by Gasteiger charge is -2.39. The van der Waals surface area contributed by atoms with Gasteiger partial charge in [-0.05, 0) is 23.2 Å². The van der Waals surface area contributed by atoms with Crippen LogP contribution in [0.1, 0.15) is 40.2 Å².